The summed E-state index contributed by atoms with van der Waals surface area (Å²) in [5.41, 5.74) is 3.86. The van der Waals surface area contributed by atoms with Crippen LogP contribution in [0, 0.1) is 10.1 Å². The number of nitro groups is 1. The average molecular weight is 394 g/mol. The SMILES string of the molecule is COc1cccc(NCC(=O)N/N=C\c2ccc(-c3ccc([N+](=O)[O-])cc3)o2)c1. The van der Waals surface area contributed by atoms with Crippen molar-refractivity contribution in [1.29, 1.82) is 0 Å². The molecular weight excluding hydrogens is 376 g/mol. The van der Waals surface area contributed by atoms with E-state index in [0.717, 1.165) is 5.69 Å². The van der Waals surface area contributed by atoms with Gasteiger partial charge in [-0.2, -0.15) is 5.10 Å². The van der Waals surface area contributed by atoms with Gasteiger partial charge < -0.3 is 14.5 Å². The van der Waals surface area contributed by atoms with Crippen LogP contribution in [0.4, 0.5) is 11.4 Å². The molecular formula is C20H18N4O5. The minimum Gasteiger partial charge on any atom is -0.497 e. The van der Waals surface area contributed by atoms with E-state index in [-0.39, 0.29) is 18.1 Å². The van der Waals surface area contributed by atoms with Crippen molar-refractivity contribution in [3.63, 3.8) is 0 Å². The standard InChI is InChI=1S/C20H18N4O5/c1-28-17-4-2-3-15(11-17)21-13-20(25)23-22-12-18-9-10-19(29-18)14-5-7-16(8-6-14)24(26)27/h2-12,21H,13H2,1H3,(H,23,25)/b22-12-. The van der Waals surface area contributed by atoms with Crippen LogP contribution in [0.1, 0.15) is 5.76 Å². The van der Waals surface area contributed by atoms with Crippen LogP contribution in [0.2, 0.25) is 0 Å². The second-order valence-corrected chi connectivity index (χ2v) is 5.88. The number of methoxy groups -OCH3 is 1. The molecule has 1 aromatic heterocycles. The number of ether oxygens (including phenoxy) is 1. The van der Waals surface area contributed by atoms with Gasteiger partial charge in [0.2, 0.25) is 0 Å². The van der Waals surface area contributed by atoms with Crippen molar-refractivity contribution in [2.24, 2.45) is 5.10 Å². The topological polar surface area (TPSA) is 119 Å². The first-order valence-electron chi connectivity index (χ1n) is 8.59. The fraction of sp³-hybridized carbons (Fsp3) is 0.100. The molecule has 9 heteroatoms. The smallest absolute Gasteiger partial charge is 0.269 e. The molecule has 0 saturated heterocycles. The van der Waals surface area contributed by atoms with Crippen LogP contribution in [0.15, 0.2) is 70.2 Å². The maximum Gasteiger partial charge on any atom is 0.269 e. The number of non-ortho nitro benzene ring substituents is 1. The minimum absolute atomic E-state index is 0.00682. The van der Waals surface area contributed by atoms with Crippen molar-refractivity contribution in [3.8, 4) is 17.1 Å². The molecule has 0 unspecified atom stereocenters. The summed E-state index contributed by atoms with van der Waals surface area (Å²) in [4.78, 5) is 22.1. The number of nitrogens with zero attached hydrogens (tertiary/aromatic N) is 2. The lowest BCUT2D eigenvalue weighted by molar-refractivity contribution is -0.384. The minimum atomic E-state index is -0.462. The van der Waals surface area contributed by atoms with Crippen LogP contribution in [0.3, 0.4) is 0 Å². The first-order chi connectivity index (χ1) is 14.0. The van der Waals surface area contributed by atoms with Gasteiger partial charge in [0.15, 0.2) is 0 Å². The number of amides is 1. The number of hydrogen-bond acceptors (Lipinski definition) is 7. The van der Waals surface area contributed by atoms with Crippen molar-refractivity contribution in [1.82, 2.24) is 5.43 Å². The summed E-state index contributed by atoms with van der Waals surface area (Å²) >= 11 is 0. The predicted octanol–water partition coefficient (Wildman–Crippen LogP) is 3.43. The fourth-order valence-electron chi connectivity index (χ4n) is 2.45. The Balaban J connectivity index is 1.51. The second-order valence-electron chi connectivity index (χ2n) is 5.88. The van der Waals surface area contributed by atoms with Crippen molar-refractivity contribution < 1.29 is 18.9 Å². The average Bonchev–Trinajstić information content (AvgIpc) is 3.21. The Morgan fingerprint density at radius 1 is 1.21 bits per heavy atom. The normalized spacial score (nSPS) is 10.7. The summed E-state index contributed by atoms with van der Waals surface area (Å²) in [6.45, 7) is 0.0384. The van der Waals surface area contributed by atoms with Gasteiger partial charge in [-0.3, -0.25) is 14.9 Å². The quantitative estimate of drug-likeness (QED) is 0.343. The largest absolute Gasteiger partial charge is 0.497 e. The Labute approximate surface area is 166 Å². The van der Waals surface area contributed by atoms with Crippen molar-refractivity contribution in [3.05, 3.63) is 76.5 Å². The molecule has 29 heavy (non-hydrogen) atoms. The number of anilines is 1. The summed E-state index contributed by atoms with van der Waals surface area (Å²) in [7, 11) is 1.57. The third kappa shape index (κ3) is 5.42. The third-order valence-electron chi connectivity index (χ3n) is 3.89. The number of nitrogens with one attached hydrogen (secondary N) is 2. The molecule has 9 nitrogen and oxygen atoms in total. The number of carbonyl (C=O) groups is 1. The van der Waals surface area contributed by atoms with Gasteiger partial charge >= 0.3 is 0 Å². The van der Waals surface area contributed by atoms with Gasteiger partial charge in [0.1, 0.15) is 17.3 Å². The molecule has 0 spiro atoms. The number of furan rings is 1. The molecule has 0 aliphatic carbocycles. The maximum absolute atomic E-state index is 11.9. The summed E-state index contributed by atoms with van der Waals surface area (Å²) in [5.74, 6) is 1.33. The van der Waals surface area contributed by atoms with E-state index in [1.165, 1.54) is 18.3 Å². The van der Waals surface area contributed by atoms with E-state index in [1.54, 1.807) is 37.4 Å². The highest BCUT2D eigenvalue weighted by Crippen LogP contribution is 2.24. The maximum atomic E-state index is 11.9. The Morgan fingerprint density at radius 3 is 2.72 bits per heavy atom. The molecule has 0 aliphatic heterocycles. The fourth-order valence-corrected chi connectivity index (χ4v) is 2.45. The molecule has 2 N–H and O–H groups in total. The lowest BCUT2D eigenvalue weighted by Crippen LogP contribution is -2.25. The van der Waals surface area contributed by atoms with Gasteiger partial charge in [-0.1, -0.05) is 6.07 Å². The van der Waals surface area contributed by atoms with Crippen molar-refractivity contribution >= 4 is 23.5 Å². The number of benzene rings is 2. The molecule has 3 aromatic rings. The number of hydrazone groups is 1. The third-order valence-corrected chi connectivity index (χ3v) is 3.89. The van der Waals surface area contributed by atoms with Gasteiger partial charge in [0.25, 0.3) is 11.6 Å². The molecule has 1 amide bonds. The van der Waals surface area contributed by atoms with Crippen LogP contribution in [0.5, 0.6) is 5.75 Å². The van der Waals surface area contributed by atoms with Gasteiger partial charge in [-0.05, 0) is 36.4 Å². The predicted molar refractivity (Wildman–Crippen MR) is 108 cm³/mol. The Hall–Kier alpha value is -4.14. The zero-order valence-corrected chi connectivity index (χ0v) is 15.5. The monoisotopic (exact) mass is 394 g/mol. The second kappa shape index (κ2) is 9.18. The highest BCUT2D eigenvalue weighted by Gasteiger charge is 2.08. The zero-order valence-electron chi connectivity index (χ0n) is 15.5. The molecule has 0 saturated carbocycles. The van der Waals surface area contributed by atoms with Crippen LogP contribution in [-0.2, 0) is 4.79 Å². The molecule has 0 radical (unpaired) electrons. The van der Waals surface area contributed by atoms with Gasteiger partial charge in [0, 0.05) is 29.4 Å². The van der Waals surface area contributed by atoms with Crippen molar-refractivity contribution in [2.45, 2.75) is 0 Å². The lowest BCUT2D eigenvalue weighted by atomic mass is 10.1. The van der Waals surface area contributed by atoms with E-state index in [1.807, 2.05) is 18.2 Å². The van der Waals surface area contributed by atoms with Gasteiger partial charge in [0.05, 0.1) is 24.8 Å². The van der Waals surface area contributed by atoms with E-state index in [2.05, 4.69) is 15.8 Å². The van der Waals surface area contributed by atoms with Crippen LogP contribution in [-0.4, -0.2) is 30.7 Å². The van der Waals surface area contributed by atoms with Crippen LogP contribution < -0.4 is 15.5 Å². The Kier molecular flexibility index (Phi) is 6.21. The first kappa shape index (κ1) is 19.6. The summed E-state index contributed by atoms with van der Waals surface area (Å²) in [5, 5.41) is 17.5. The Morgan fingerprint density at radius 2 is 2.00 bits per heavy atom. The summed E-state index contributed by atoms with van der Waals surface area (Å²) < 4.78 is 10.7. The highest BCUT2D eigenvalue weighted by molar-refractivity contribution is 5.83. The molecule has 0 fully saturated rings. The Bertz CT molecular complexity index is 1030. The lowest BCUT2D eigenvalue weighted by Gasteiger charge is -2.06. The zero-order chi connectivity index (χ0) is 20.6. The summed E-state index contributed by atoms with van der Waals surface area (Å²) in [6.07, 6.45) is 1.37. The molecule has 1 heterocycles. The number of nitro benzene ring substituents is 1. The van der Waals surface area contributed by atoms with Gasteiger partial charge in [-0.25, -0.2) is 5.43 Å². The molecule has 0 atom stereocenters. The van der Waals surface area contributed by atoms with Crippen LogP contribution >= 0.6 is 0 Å². The van der Waals surface area contributed by atoms with Gasteiger partial charge in [-0.15, -0.1) is 0 Å². The highest BCUT2D eigenvalue weighted by atomic mass is 16.6. The molecule has 3 rings (SSSR count). The van der Waals surface area contributed by atoms with Crippen LogP contribution in [0.25, 0.3) is 11.3 Å². The van der Waals surface area contributed by atoms with E-state index in [4.69, 9.17) is 9.15 Å². The number of hydrogen-bond donors (Lipinski definition) is 2. The van der Waals surface area contributed by atoms with E-state index in [0.29, 0.717) is 22.8 Å². The number of carbonyl (C=O) groups excluding carboxylic acids is 1. The molecule has 0 bridgehead atoms. The van der Waals surface area contributed by atoms with E-state index < -0.39 is 4.92 Å². The van der Waals surface area contributed by atoms with Crippen molar-refractivity contribution in [2.75, 3.05) is 19.0 Å². The molecule has 148 valence electrons. The van der Waals surface area contributed by atoms with E-state index in [9.17, 15) is 14.9 Å². The molecule has 2 aromatic carbocycles. The number of rotatable bonds is 8. The summed E-state index contributed by atoms with van der Waals surface area (Å²) in [6, 6.07) is 16.6. The van der Waals surface area contributed by atoms with E-state index >= 15 is 0 Å². The first-order valence-corrected chi connectivity index (χ1v) is 8.59. The molecule has 0 aliphatic rings.